The maximum atomic E-state index is 12.2. The van der Waals surface area contributed by atoms with Gasteiger partial charge in [0.2, 0.25) is 0 Å². The largest absolute Gasteiger partial charge is 0.350 e. The molecule has 2 heterocycles. The van der Waals surface area contributed by atoms with Crippen LogP contribution in [0.25, 0.3) is 5.65 Å². The predicted molar refractivity (Wildman–Crippen MR) is 76.9 cm³/mol. The number of halogens is 2. The lowest BCUT2D eigenvalue weighted by molar-refractivity contribution is 0.252. The zero-order valence-corrected chi connectivity index (χ0v) is 11.6. The van der Waals surface area contributed by atoms with E-state index in [4.69, 9.17) is 0 Å². The second kappa shape index (κ2) is 5.69. The molecule has 0 radical (unpaired) electrons. The summed E-state index contributed by atoms with van der Waals surface area (Å²) in [6.07, 6.45) is 1.66. The van der Waals surface area contributed by atoms with Crippen LogP contribution in [0.5, 0.6) is 0 Å². The highest BCUT2D eigenvalue weighted by molar-refractivity contribution is 7.99. The number of pyridine rings is 1. The van der Waals surface area contributed by atoms with Gasteiger partial charge in [-0.15, -0.1) is 5.10 Å². The quantitative estimate of drug-likeness (QED) is 0.696. The first-order valence-corrected chi connectivity index (χ1v) is 7.09. The Labute approximate surface area is 123 Å². The molecule has 0 atom stereocenters. The Bertz CT molecular complexity index is 811. The number of benzene rings is 1. The van der Waals surface area contributed by atoms with Gasteiger partial charge in [0.25, 0.3) is 5.76 Å². The molecule has 2 aromatic heterocycles. The van der Waals surface area contributed by atoms with Crippen LogP contribution in [-0.4, -0.2) is 19.9 Å². The highest BCUT2D eigenvalue weighted by Crippen LogP contribution is 2.25. The summed E-state index contributed by atoms with van der Waals surface area (Å²) in [5.74, 6) is -2.43. The van der Waals surface area contributed by atoms with E-state index in [0.29, 0.717) is 28.8 Å². The standard InChI is InChI=1S/C14H11F2N3OS/c15-13(16)21-11-6-4-10(5-7-11)9-19-14(20)18-8-2-1-3-12(18)17-19/h1-8,13H,9H2. The third-order valence-electron chi connectivity index (χ3n) is 2.97. The molecule has 0 N–H and O–H groups in total. The fraction of sp³-hybridized carbons (Fsp3) is 0.143. The monoisotopic (exact) mass is 307 g/mol. The van der Waals surface area contributed by atoms with Crippen molar-refractivity contribution >= 4 is 17.4 Å². The number of thioether (sulfide) groups is 1. The Morgan fingerprint density at radius 2 is 1.90 bits per heavy atom. The fourth-order valence-electron chi connectivity index (χ4n) is 2.02. The van der Waals surface area contributed by atoms with Crippen LogP contribution in [0.3, 0.4) is 0 Å². The molecule has 0 spiro atoms. The van der Waals surface area contributed by atoms with Crippen LogP contribution in [-0.2, 0) is 6.54 Å². The summed E-state index contributed by atoms with van der Waals surface area (Å²) in [4.78, 5) is 12.6. The maximum Gasteiger partial charge on any atom is 0.350 e. The number of rotatable bonds is 4. The first kappa shape index (κ1) is 13.8. The Balaban J connectivity index is 1.85. The van der Waals surface area contributed by atoms with Gasteiger partial charge in [-0.05, 0) is 29.8 Å². The van der Waals surface area contributed by atoms with E-state index in [1.54, 1.807) is 42.6 Å². The Kier molecular flexibility index (Phi) is 3.74. The zero-order valence-electron chi connectivity index (χ0n) is 10.8. The van der Waals surface area contributed by atoms with Gasteiger partial charge in [0.1, 0.15) is 0 Å². The minimum atomic E-state index is -2.43. The molecule has 0 saturated heterocycles. The van der Waals surface area contributed by atoms with Crippen molar-refractivity contribution < 1.29 is 8.78 Å². The lowest BCUT2D eigenvalue weighted by atomic mass is 10.2. The van der Waals surface area contributed by atoms with Gasteiger partial charge >= 0.3 is 5.69 Å². The van der Waals surface area contributed by atoms with Crippen molar-refractivity contribution in [1.29, 1.82) is 0 Å². The predicted octanol–water partition coefficient (Wildman–Crippen LogP) is 2.86. The minimum Gasteiger partial charge on any atom is -0.250 e. The van der Waals surface area contributed by atoms with Crippen LogP contribution < -0.4 is 5.69 Å². The van der Waals surface area contributed by atoms with E-state index in [1.165, 1.54) is 9.08 Å². The number of aromatic nitrogens is 3. The first-order chi connectivity index (χ1) is 10.1. The van der Waals surface area contributed by atoms with Gasteiger partial charge in [-0.3, -0.25) is 4.40 Å². The van der Waals surface area contributed by atoms with Gasteiger partial charge in [-0.25, -0.2) is 9.48 Å². The van der Waals surface area contributed by atoms with E-state index >= 15 is 0 Å². The molecule has 1 aromatic carbocycles. The lowest BCUT2D eigenvalue weighted by Gasteiger charge is -2.03. The molecule has 0 amide bonds. The van der Waals surface area contributed by atoms with Crippen LogP contribution in [0.1, 0.15) is 5.56 Å². The molecular formula is C14H11F2N3OS. The van der Waals surface area contributed by atoms with Crippen LogP contribution in [0.4, 0.5) is 8.78 Å². The Morgan fingerprint density at radius 3 is 2.57 bits per heavy atom. The smallest absolute Gasteiger partial charge is 0.250 e. The molecule has 4 nitrogen and oxygen atoms in total. The molecule has 0 fully saturated rings. The van der Waals surface area contributed by atoms with Crippen molar-refractivity contribution in [2.45, 2.75) is 17.2 Å². The summed E-state index contributed by atoms with van der Waals surface area (Å²) in [6.45, 7) is 0.306. The molecule has 0 aliphatic carbocycles. The lowest BCUT2D eigenvalue weighted by Crippen LogP contribution is -2.21. The van der Waals surface area contributed by atoms with E-state index in [-0.39, 0.29) is 5.69 Å². The Morgan fingerprint density at radius 1 is 1.14 bits per heavy atom. The van der Waals surface area contributed by atoms with Gasteiger partial charge in [-0.1, -0.05) is 30.0 Å². The zero-order chi connectivity index (χ0) is 14.8. The minimum absolute atomic E-state index is 0.225. The molecular weight excluding hydrogens is 296 g/mol. The average molecular weight is 307 g/mol. The molecule has 0 bridgehead atoms. The third kappa shape index (κ3) is 2.97. The highest BCUT2D eigenvalue weighted by Gasteiger charge is 2.08. The molecule has 7 heteroatoms. The second-order valence-electron chi connectivity index (χ2n) is 4.39. The second-order valence-corrected chi connectivity index (χ2v) is 5.45. The molecule has 0 unspecified atom stereocenters. The number of hydrogen-bond donors (Lipinski definition) is 0. The topological polar surface area (TPSA) is 39.3 Å². The molecule has 0 aliphatic rings. The first-order valence-electron chi connectivity index (χ1n) is 6.21. The number of hydrogen-bond acceptors (Lipinski definition) is 3. The van der Waals surface area contributed by atoms with Gasteiger partial charge in [-0.2, -0.15) is 8.78 Å². The van der Waals surface area contributed by atoms with Crippen LogP contribution in [0.15, 0.2) is 58.4 Å². The van der Waals surface area contributed by atoms with Crippen molar-refractivity contribution in [3.05, 3.63) is 64.7 Å². The summed E-state index contributed by atoms with van der Waals surface area (Å²) >= 11 is 0.499. The molecule has 3 rings (SSSR count). The summed E-state index contributed by atoms with van der Waals surface area (Å²) in [7, 11) is 0. The van der Waals surface area contributed by atoms with E-state index in [2.05, 4.69) is 5.10 Å². The fourth-order valence-corrected chi connectivity index (χ4v) is 2.52. The van der Waals surface area contributed by atoms with Crippen LogP contribution in [0.2, 0.25) is 0 Å². The summed E-state index contributed by atoms with van der Waals surface area (Å²) in [5.41, 5.74) is 1.18. The SMILES string of the molecule is O=c1n(Cc2ccc(SC(F)F)cc2)nc2ccccn12. The normalized spacial score (nSPS) is 11.4. The van der Waals surface area contributed by atoms with E-state index in [0.717, 1.165) is 5.56 Å². The number of nitrogens with zero attached hydrogens (tertiary/aromatic N) is 3. The van der Waals surface area contributed by atoms with Crippen molar-refractivity contribution in [2.24, 2.45) is 0 Å². The van der Waals surface area contributed by atoms with Crippen LogP contribution in [0, 0.1) is 0 Å². The van der Waals surface area contributed by atoms with Crippen molar-refractivity contribution in [2.75, 3.05) is 0 Å². The Hall–Kier alpha value is -2.15. The highest BCUT2D eigenvalue weighted by atomic mass is 32.2. The van der Waals surface area contributed by atoms with Gasteiger partial charge in [0.05, 0.1) is 6.54 Å². The average Bonchev–Trinajstić information content (AvgIpc) is 2.78. The van der Waals surface area contributed by atoms with E-state index < -0.39 is 5.76 Å². The van der Waals surface area contributed by atoms with Crippen molar-refractivity contribution in [1.82, 2.24) is 14.2 Å². The number of fused-ring (bicyclic) bond motifs is 1. The van der Waals surface area contributed by atoms with Gasteiger partial charge in [0.15, 0.2) is 5.65 Å². The molecule has 21 heavy (non-hydrogen) atoms. The molecule has 3 aromatic rings. The maximum absolute atomic E-state index is 12.2. The van der Waals surface area contributed by atoms with Crippen molar-refractivity contribution in [3.8, 4) is 0 Å². The van der Waals surface area contributed by atoms with Crippen LogP contribution >= 0.6 is 11.8 Å². The molecule has 108 valence electrons. The third-order valence-corrected chi connectivity index (χ3v) is 3.69. The number of alkyl halides is 2. The van der Waals surface area contributed by atoms with E-state index in [1.807, 2.05) is 6.07 Å². The summed E-state index contributed by atoms with van der Waals surface area (Å²) in [6, 6.07) is 12.0. The molecule has 0 saturated carbocycles. The van der Waals surface area contributed by atoms with Gasteiger partial charge < -0.3 is 0 Å². The summed E-state index contributed by atoms with van der Waals surface area (Å²) in [5, 5.41) is 4.22. The van der Waals surface area contributed by atoms with Gasteiger partial charge in [0, 0.05) is 11.1 Å². The molecule has 0 aliphatic heterocycles. The summed E-state index contributed by atoms with van der Waals surface area (Å²) < 4.78 is 27.3. The van der Waals surface area contributed by atoms with E-state index in [9.17, 15) is 13.6 Å². The van der Waals surface area contributed by atoms with Crippen molar-refractivity contribution in [3.63, 3.8) is 0 Å².